The van der Waals surface area contributed by atoms with Crippen molar-refractivity contribution in [2.45, 2.75) is 32.8 Å². The number of ether oxygens (including phenoxy) is 1. The Bertz CT molecular complexity index is 726. The Morgan fingerprint density at radius 3 is 2.92 bits per heavy atom. The Morgan fingerprint density at radius 1 is 1.40 bits per heavy atom. The number of benzene rings is 1. The van der Waals surface area contributed by atoms with Gasteiger partial charge >= 0.3 is 6.03 Å². The van der Waals surface area contributed by atoms with Gasteiger partial charge in [0.25, 0.3) is 0 Å². The molecule has 0 radical (unpaired) electrons. The quantitative estimate of drug-likeness (QED) is 0.907. The molecule has 0 saturated carbocycles. The van der Waals surface area contributed by atoms with E-state index in [-0.39, 0.29) is 12.1 Å². The average Bonchev–Trinajstić information content (AvgIpc) is 3.18. The third-order valence-corrected chi connectivity index (χ3v) is 4.35. The first-order valence-corrected chi connectivity index (χ1v) is 8.80. The highest BCUT2D eigenvalue weighted by atomic mass is 16.5. The summed E-state index contributed by atoms with van der Waals surface area (Å²) in [5.41, 5.74) is 1.95. The number of hydrogen-bond donors (Lipinski definition) is 1. The first kappa shape index (κ1) is 17.3. The first-order chi connectivity index (χ1) is 12.0. The fraction of sp³-hybridized carbons (Fsp3) is 0.474. The largest absolute Gasteiger partial charge is 0.489 e. The molecule has 6 nitrogen and oxygen atoms in total. The summed E-state index contributed by atoms with van der Waals surface area (Å²) in [6, 6.07) is 7.50. The van der Waals surface area contributed by atoms with Crippen LogP contribution in [0, 0.1) is 5.92 Å². The molecule has 1 saturated heterocycles. The number of anilines is 1. The highest BCUT2D eigenvalue weighted by Crippen LogP contribution is 2.26. The van der Waals surface area contributed by atoms with Crippen molar-refractivity contribution >= 4 is 11.7 Å². The minimum atomic E-state index is -0.0616. The molecule has 6 heteroatoms. The maximum absolute atomic E-state index is 12.6. The van der Waals surface area contributed by atoms with Gasteiger partial charge in [-0.15, -0.1) is 0 Å². The molecule has 25 heavy (non-hydrogen) atoms. The number of aryl methyl sites for hydroxylation is 1. The fourth-order valence-electron chi connectivity index (χ4n) is 3.22. The predicted molar refractivity (Wildman–Crippen MR) is 97.8 cm³/mol. The molecule has 1 aliphatic heterocycles. The molecule has 1 fully saturated rings. The lowest BCUT2D eigenvalue weighted by atomic mass is 10.0. The summed E-state index contributed by atoms with van der Waals surface area (Å²) < 4.78 is 7.59. The van der Waals surface area contributed by atoms with Crippen LogP contribution in [-0.4, -0.2) is 39.9 Å². The number of nitrogens with zero attached hydrogens (tertiary/aromatic N) is 3. The minimum Gasteiger partial charge on any atom is -0.489 e. The number of para-hydroxylation sites is 2. The van der Waals surface area contributed by atoms with Gasteiger partial charge in [-0.2, -0.15) is 5.10 Å². The van der Waals surface area contributed by atoms with E-state index < -0.39 is 0 Å². The molecule has 0 bridgehead atoms. The van der Waals surface area contributed by atoms with E-state index in [2.05, 4.69) is 10.4 Å². The summed E-state index contributed by atoms with van der Waals surface area (Å²) in [4.78, 5) is 14.5. The average molecular weight is 342 g/mol. The van der Waals surface area contributed by atoms with Gasteiger partial charge in [0.05, 0.1) is 18.0 Å². The van der Waals surface area contributed by atoms with E-state index >= 15 is 0 Å². The van der Waals surface area contributed by atoms with E-state index in [0.717, 1.165) is 31.6 Å². The molecule has 0 spiro atoms. The molecule has 134 valence electrons. The standard InChI is InChI=1S/C19H26N4O2/c1-14(2)25-18-7-5-4-6-17(18)21-19(24)23-9-8-15(13-23)10-16-11-20-22(3)12-16/h4-7,11-12,14-15H,8-10,13H2,1-3H3,(H,21,24)/t15-/m1/s1. The normalized spacial score (nSPS) is 17.1. The molecule has 2 amide bonds. The lowest BCUT2D eigenvalue weighted by Crippen LogP contribution is -2.33. The van der Waals surface area contributed by atoms with Crippen LogP contribution in [0.3, 0.4) is 0 Å². The van der Waals surface area contributed by atoms with Gasteiger partial charge in [-0.25, -0.2) is 4.79 Å². The van der Waals surface area contributed by atoms with Crippen LogP contribution in [0.15, 0.2) is 36.7 Å². The summed E-state index contributed by atoms with van der Waals surface area (Å²) in [5.74, 6) is 1.19. The van der Waals surface area contributed by atoms with Crippen molar-refractivity contribution in [2.75, 3.05) is 18.4 Å². The lowest BCUT2D eigenvalue weighted by Gasteiger charge is -2.19. The van der Waals surface area contributed by atoms with Gasteiger partial charge in [0, 0.05) is 26.3 Å². The fourth-order valence-corrected chi connectivity index (χ4v) is 3.22. The molecule has 1 aliphatic rings. The van der Waals surface area contributed by atoms with Crippen LogP contribution in [0.5, 0.6) is 5.75 Å². The van der Waals surface area contributed by atoms with Crippen LogP contribution in [0.2, 0.25) is 0 Å². The maximum Gasteiger partial charge on any atom is 0.321 e. The Morgan fingerprint density at radius 2 is 2.20 bits per heavy atom. The number of likely N-dealkylation sites (tertiary alicyclic amines) is 1. The van der Waals surface area contributed by atoms with Crippen molar-refractivity contribution in [3.8, 4) is 5.75 Å². The Kier molecular flexibility index (Phi) is 5.26. The second-order valence-corrected chi connectivity index (χ2v) is 6.92. The lowest BCUT2D eigenvalue weighted by molar-refractivity contribution is 0.219. The van der Waals surface area contributed by atoms with E-state index in [1.165, 1.54) is 5.56 Å². The zero-order valence-corrected chi connectivity index (χ0v) is 15.1. The summed E-state index contributed by atoms with van der Waals surface area (Å²) in [5, 5.41) is 7.20. The van der Waals surface area contributed by atoms with Crippen molar-refractivity contribution in [1.82, 2.24) is 14.7 Å². The predicted octanol–water partition coefficient (Wildman–Crippen LogP) is 3.30. The van der Waals surface area contributed by atoms with Crippen LogP contribution in [-0.2, 0) is 13.5 Å². The SMILES string of the molecule is CC(C)Oc1ccccc1NC(=O)N1CC[C@H](Cc2cnn(C)c2)C1. The van der Waals surface area contributed by atoms with Gasteiger partial charge in [0.1, 0.15) is 5.75 Å². The topological polar surface area (TPSA) is 59.4 Å². The number of amides is 2. The number of carbonyl (C=O) groups excluding carboxylic acids is 1. The van der Waals surface area contributed by atoms with E-state index in [1.807, 2.05) is 67.1 Å². The Hall–Kier alpha value is -2.50. The molecule has 2 heterocycles. The van der Waals surface area contributed by atoms with Crippen LogP contribution in [0.1, 0.15) is 25.8 Å². The van der Waals surface area contributed by atoms with E-state index in [0.29, 0.717) is 11.7 Å². The smallest absolute Gasteiger partial charge is 0.321 e. The van der Waals surface area contributed by atoms with Gasteiger partial charge in [-0.05, 0) is 50.3 Å². The Balaban J connectivity index is 1.57. The summed E-state index contributed by atoms with van der Waals surface area (Å²) >= 11 is 0. The van der Waals surface area contributed by atoms with Crippen molar-refractivity contribution < 1.29 is 9.53 Å². The highest BCUT2D eigenvalue weighted by molar-refractivity contribution is 5.91. The van der Waals surface area contributed by atoms with Gasteiger partial charge < -0.3 is 15.0 Å². The molecule has 1 aromatic carbocycles. The molecular weight excluding hydrogens is 316 g/mol. The molecule has 1 atom stereocenters. The van der Waals surface area contributed by atoms with Crippen molar-refractivity contribution in [3.05, 3.63) is 42.2 Å². The van der Waals surface area contributed by atoms with Crippen LogP contribution < -0.4 is 10.1 Å². The van der Waals surface area contributed by atoms with Gasteiger partial charge in [-0.3, -0.25) is 4.68 Å². The number of hydrogen-bond acceptors (Lipinski definition) is 3. The van der Waals surface area contributed by atoms with Gasteiger partial charge in [-0.1, -0.05) is 12.1 Å². The van der Waals surface area contributed by atoms with Crippen molar-refractivity contribution in [1.29, 1.82) is 0 Å². The number of rotatable bonds is 5. The van der Waals surface area contributed by atoms with Crippen LogP contribution in [0.25, 0.3) is 0 Å². The third-order valence-electron chi connectivity index (χ3n) is 4.35. The second-order valence-electron chi connectivity index (χ2n) is 6.92. The monoisotopic (exact) mass is 342 g/mol. The zero-order valence-electron chi connectivity index (χ0n) is 15.1. The minimum absolute atomic E-state index is 0.0616. The van der Waals surface area contributed by atoms with E-state index in [1.54, 1.807) is 0 Å². The third kappa shape index (κ3) is 4.53. The highest BCUT2D eigenvalue weighted by Gasteiger charge is 2.27. The number of nitrogens with one attached hydrogen (secondary N) is 1. The molecule has 3 rings (SSSR count). The van der Waals surface area contributed by atoms with Gasteiger partial charge in [0.15, 0.2) is 0 Å². The molecule has 2 aromatic rings. The molecule has 1 N–H and O–H groups in total. The number of urea groups is 1. The summed E-state index contributed by atoms with van der Waals surface area (Å²) in [6.45, 7) is 5.50. The molecule has 1 aromatic heterocycles. The summed E-state index contributed by atoms with van der Waals surface area (Å²) in [6.07, 6.45) is 6.00. The number of carbonyl (C=O) groups is 1. The first-order valence-electron chi connectivity index (χ1n) is 8.80. The maximum atomic E-state index is 12.6. The number of aromatic nitrogens is 2. The second kappa shape index (κ2) is 7.59. The van der Waals surface area contributed by atoms with Gasteiger partial charge in [0.2, 0.25) is 0 Å². The molecule has 0 aliphatic carbocycles. The van der Waals surface area contributed by atoms with E-state index in [9.17, 15) is 4.79 Å². The van der Waals surface area contributed by atoms with Crippen LogP contribution >= 0.6 is 0 Å². The molecule has 0 unspecified atom stereocenters. The Labute approximate surface area is 148 Å². The van der Waals surface area contributed by atoms with Crippen molar-refractivity contribution in [3.63, 3.8) is 0 Å². The summed E-state index contributed by atoms with van der Waals surface area (Å²) in [7, 11) is 1.93. The molecular formula is C19H26N4O2. The van der Waals surface area contributed by atoms with Crippen molar-refractivity contribution in [2.24, 2.45) is 13.0 Å². The van der Waals surface area contributed by atoms with E-state index in [4.69, 9.17) is 4.74 Å². The van der Waals surface area contributed by atoms with Crippen LogP contribution in [0.4, 0.5) is 10.5 Å². The zero-order chi connectivity index (χ0) is 17.8.